The lowest BCUT2D eigenvalue weighted by molar-refractivity contribution is 1.07. The van der Waals surface area contributed by atoms with Crippen LogP contribution < -0.4 is 10.6 Å². The van der Waals surface area contributed by atoms with Crippen LogP contribution in [-0.4, -0.2) is 9.13 Å². The fraction of sp³-hybridized carbons (Fsp3) is 0.0270. The van der Waals surface area contributed by atoms with Gasteiger partial charge in [0.1, 0.15) is 0 Å². The maximum atomic E-state index is 3.96. The van der Waals surface area contributed by atoms with Crippen molar-refractivity contribution in [2.45, 2.75) is 6.92 Å². The maximum absolute atomic E-state index is 3.96. The largest absolute Gasteiger partial charge is 0.309 e. The van der Waals surface area contributed by atoms with Crippen molar-refractivity contribution in [3.05, 3.63) is 145 Å². The molecule has 0 bridgehead atoms. The van der Waals surface area contributed by atoms with Crippen LogP contribution in [0.2, 0.25) is 0 Å². The van der Waals surface area contributed by atoms with Gasteiger partial charge < -0.3 is 9.13 Å². The molecule has 2 nitrogen and oxygen atoms in total. The Balaban J connectivity index is 1.30. The number of rotatable bonds is 4. The van der Waals surface area contributed by atoms with E-state index in [0.29, 0.717) is 0 Å². The molecule has 186 valence electrons. The van der Waals surface area contributed by atoms with E-state index in [1.165, 1.54) is 54.7 Å². The minimum Gasteiger partial charge on any atom is -0.309 e. The van der Waals surface area contributed by atoms with Crippen molar-refractivity contribution < 1.29 is 0 Å². The van der Waals surface area contributed by atoms with Crippen LogP contribution in [0.4, 0.5) is 0 Å². The monoisotopic (exact) mass is 500 g/mol. The average Bonchev–Trinajstić information content (AvgIpc) is 3.50. The molecule has 0 radical (unpaired) electrons. The fourth-order valence-corrected chi connectivity index (χ4v) is 5.95. The summed E-state index contributed by atoms with van der Waals surface area (Å²) in [5.41, 5.74) is 8.35. The van der Waals surface area contributed by atoms with Crippen LogP contribution in [0, 0.1) is 0 Å². The molecule has 0 unspecified atom stereocenters. The summed E-state index contributed by atoms with van der Waals surface area (Å²) in [4.78, 5) is 0. The molecule has 2 heteroatoms. The Bertz CT molecular complexity index is 2070. The van der Waals surface area contributed by atoms with Crippen LogP contribution in [0.15, 0.2) is 134 Å². The van der Waals surface area contributed by atoms with Gasteiger partial charge >= 0.3 is 0 Å². The Labute approximate surface area is 227 Å². The number of para-hydroxylation sites is 3. The molecule has 0 saturated carbocycles. The molecule has 39 heavy (non-hydrogen) atoms. The highest BCUT2D eigenvalue weighted by Crippen LogP contribution is 2.32. The standard InChI is InChI=1S/C37H28N2/c1-3-11-34-30(4-2)31-12-5-8-15-35(31)38(34)28-22-18-26(19-23-28)27-20-24-29(25-21-27)39-36-16-9-6-13-32(36)33-14-7-10-17-37(33)39/h3-25H,1H2,2H3/b30-4-,34-11+. The average molecular weight is 501 g/mol. The van der Waals surface area contributed by atoms with E-state index in [1.807, 2.05) is 6.08 Å². The lowest BCUT2D eigenvalue weighted by Crippen LogP contribution is -2.27. The van der Waals surface area contributed by atoms with Crippen LogP contribution in [0.25, 0.3) is 67.4 Å². The summed E-state index contributed by atoms with van der Waals surface area (Å²) in [6, 6.07) is 43.6. The first-order valence-electron chi connectivity index (χ1n) is 13.4. The summed E-state index contributed by atoms with van der Waals surface area (Å²) in [7, 11) is 0. The van der Waals surface area contributed by atoms with Gasteiger partial charge in [0.25, 0.3) is 0 Å². The molecule has 0 saturated heterocycles. The molecule has 5 aromatic carbocycles. The number of benzene rings is 5. The first-order chi connectivity index (χ1) is 19.3. The van der Waals surface area contributed by atoms with E-state index < -0.39 is 0 Å². The topological polar surface area (TPSA) is 9.86 Å². The molecule has 0 aliphatic heterocycles. The number of hydrogen-bond acceptors (Lipinski definition) is 0. The Kier molecular flexibility index (Phi) is 5.53. The van der Waals surface area contributed by atoms with Gasteiger partial charge in [0, 0.05) is 32.8 Å². The summed E-state index contributed by atoms with van der Waals surface area (Å²) in [5, 5.41) is 6.19. The van der Waals surface area contributed by atoms with Gasteiger partial charge in [-0.3, -0.25) is 0 Å². The van der Waals surface area contributed by atoms with Gasteiger partial charge in [-0.15, -0.1) is 0 Å². The summed E-state index contributed by atoms with van der Waals surface area (Å²) >= 11 is 0. The van der Waals surface area contributed by atoms with Crippen molar-refractivity contribution in [2.75, 3.05) is 0 Å². The first-order valence-corrected chi connectivity index (χ1v) is 13.4. The van der Waals surface area contributed by atoms with E-state index >= 15 is 0 Å². The zero-order valence-corrected chi connectivity index (χ0v) is 21.9. The highest BCUT2D eigenvalue weighted by atomic mass is 15.0. The van der Waals surface area contributed by atoms with Crippen LogP contribution in [0.1, 0.15) is 6.92 Å². The van der Waals surface area contributed by atoms with Crippen molar-refractivity contribution in [1.82, 2.24) is 9.13 Å². The van der Waals surface area contributed by atoms with Crippen LogP contribution in [0.3, 0.4) is 0 Å². The number of allylic oxidation sites excluding steroid dienone is 1. The Morgan fingerprint density at radius 1 is 0.513 bits per heavy atom. The van der Waals surface area contributed by atoms with Crippen molar-refractivity contribution in [2.24, 2.45) is 0 Å². The van der Waals surface area contributed by atoms with E-state index in [4.69, 9.17) is 0 Å². The van der Waals surface area contributed by atoms with E-state index in [0.717, 1.165) is 11.0 Å². The number of fused-ring (bicyclic) bond motifs is 4. The molecule has 0 amide bonds. The minimum absolute atomic E-state index is 1.14. The van der Waals surface area contributed by atoms with Gasteiger partial charge in [-0.05, 0) is 66.6 Å². The third kappa shape index (κ3) is 3.65. The molecule has 0 fully saturated rings. The van der Waals surface area contributed by atoms with Crippen molar-refractivity contribution in [3.8, 4) is 22.5 Å². The molecule has 0 spiro atoms. The van der Waals surface area contributed by atoms with E-state index in [9.17, 15) is 0 Å². The number of nitrogens with zero attached hydrogens (tertiary/aromatic N) is 2. The normalized spacial score (nSPS) is 12.6. The van der Waals surface area contributed by atoms with E-state index in [1.54, 1.807) is 0 Å². The summed E-state index contributed by atoms with van der Waals surface area (Å²) in [6.45, 7) is 6.06. The number of aromatic nitrogens is 2. The molecule has 7 rings (SSSR count). The molecular weight excluding hydrogens is 472 g/mol. The summed E-state index contributed by atoms with van der Waals surface area (Å²) in [5.74, 6) is 0. The van der Waals surface area contributed by atoms with Crippen LogP contribution >= 0.6 is 0 Å². The van der Waals surface area contributed by atoms with Crippen molar-refractivity contribution >= 4 is 44.9 Å². The lowest BCUT2D eigenvalue weighted by atomic mass is 10.0. The van der Waals surface area contributed by atoms with Crippen molar-refractivity contribution in [3.63, 3.8) is 0 Å². The maximum Gasteiger partial charge on any atom is 0.0541 e. The second-order valence-electron chi connectivity index (χ2n) is 9.81. The van der Waals surface area contributed by atoms with Crippen LogP contribution in [-0.2, 0) is 0 Å². The van der Waals surface area contributed by atoms with Crippen molar-refractivity contribution in [1.29, 1.82) is 0 Å². The van der Waals surface area contributed by atoms with Gasteiger partial charge in [0.15, 0.2) is 0 Å². The van der Waals surface area contributed by atoms with Gasteiger partial charge in [0.2, 0.25) is 0 Å². The summed E-state index contributed by atoms with van der Waals surface area (Å²) in [6.07, 6.45) is 6.14. The molecule has 2 heterocycles. The highest BCUT2D eigenvalue weighted by Gasteiger charge is 2.12. The molecular formula is C37H28N2. The molecule has 0 aliphatic carbocycles. The van der Waals surface area contributed by atoms with Gasteiger partial charge in [0.05, 0.1) is 21.9 Å². The van der Waals surface area contributed by atoms with E-state index in [2.05, 4.69) is 156 Å². The third-order valence-corrected chi connectivity index (χ3v) is 7.68. The zero-order chi connectivity index (χ0) is 26.3. The van der Waals surface area contributed by atoms with Crippen LogP contribution in [0.5, 0.6) is 0 Å². The van der Waals surface area contributed by atoms with Gasteiger partial charge in [-0.25, -0.2) is 0 Å². The Hall–Kier alpha value is -5.08. The van der Waals surface area contributed by atoms with E-state index in [-0.39, 0.29) is 0 Å². The minimum atomic E-state index is 1.14. The Morgan fingerprint density at radius 2 is 0.949 bits per heavy atom. The molecule has 0 atom stereocenters. The summed E-state index contributed by atoms with van der Waals surface area (Å²) < 4.78 is 4.68. The lowest BCUT2D eigenvalue weighted by Gasteiger charge is -2.11. The highest BCUT2D eigenvalue weighted by molar-refractivity contribution is 6.09. The SMILES string of the molecule is C=C/C=c1\c(=C/C)c2ccccc2n1-c1ccc(-c2ccc(-n3c4ccccc4c4ccccc43)cc2)cc1. The fourth-order valence-electron chi connectivity index (χ4n) is 5.95. The third-order valence-electron chi connectivity index (χ3n) is 7.68. The van der Waals surface area contributed by atoms with Gasteiger partial charge in [-0.1, -0.05) is 97.6 Å². The number of hydrogen-bond donors (Lipinski definition) is 0. The predicted octanol–water partition coefficient (Wildman–Crippen LogP) is 8.16. The van der Waals surface area contributed by atoms with Gasteiger partial charge in [-0.2, -0.15) is 0 Å². The molecule has 0 aliphatic rings. The molecule has 0 N–H and O–H groups in total. The zero-order valence-electron chi connectivity index (χ0n) is 21.9. The second kappa shape index (κ2) is 9.34. The molecule has 7 aromatic rings. The predicted molar refractivity (Wildman–Crippen MR) is 167 cm³/mol. The first kappa shape index (κ1) is 23.1. The quantitative estimate of drug-likeness (QED) is 0.231. The smallest absolute Gasteiger partial charge is 0.0541 e. The molecule has 2 aromatic heterocycles. The second-order valence-corrected chi connectivity index (χ2v) is 9.81. The Morgan fingerprint density at radius 3 is 1.44 bits per heavy atom.